The van der Waals surface area contributed by atoms with Gasteiger partial charge in [-0.1, -0.05) is 13.8 Å². The highest BCUT2D eigenvalue weighted by Crippen LogP contribution is 2.26. The van der Waals surface area contributed by atoms with Crippen LogP contribution in [0.4, 0.5) is 5.82 Å². The third kappa shape index (κ3) is 2.84. The van der Waals surface area contributed by atoms with E-state index in [0.29, 0.717) is 18.0 Å². The average Bonchev–Trinajstić information content (AvgIpc) is 2.83. The van der Waals surface area contributed by atoms with Crippen LogP contribution in [0.1, 0.15) is 45.2 Å². The van der Waals surface area contributed by atoms with Crippen LogP contribution in [0.5, 0.6) is 0 Å². The van der Waals surface area contributed by atoms with Crippen molar-refractivity contribution >= 4 is 17.4 Å². The number of nitrogens with one attached hydrogen (secondary N) is 2. The van der Waals surface area contributed by atoms with E-state index in [0.717, 1.165) is 30.0 Å². The van der Waals surface area contributed by atoms with Gasteiger partial charge in [0.2, 0.25) is 5.91 Å². The summed E-state index contributed by atoms with van der Waals surface area (Å²) in [6, 6.07) is 4.64. The van der Waals surface area contributed by atoms with Crippen LogP contribution >= 0.6 is 0 Å². The van der Waals surface area contributed by atoms with Crippen molar-refractivity contribution in [2.45, 2.75) is 51.6 Å². The molecule has 2 heterocycles. The van der Waals surface area contributed by atoms with Crippen molar-refractivity contribution in [1.29, 1.82) is 0 Å². The zero-order valence-corrected chi connectivity index (χ0v) is 12.6. The fourth-order valence-corrected chi connectivity index (χ4v) is 2.68. The first-order valence-electron chi connectivity index (χ1n) is 7.41. The molecule has 21 heavy (non-hydrogen) atoms. The largest absolute Gasteiger partial charge is 0.367 e. The Hall–Kier alpha value is -2.11. The van der Waals surface area contributed by atoms with E-state index in [1.165, 1.54) is 0 Å². The Bertz CT molecular complexity index is 657. The molecule has 1 aliphatic rings. The molecular weight excluding hydrogens is 266 g/mol. The van der Waals surface area contributed by atoms with Crippen molar-refractivity contribution in [3.63, 3.8) is 0 Å². The summed E-state index contributed by atoms with van der Waals surface area (Å²) in [5.74, 6) is 1.39. The van der Waals surface area contributed by atoms with E-state index in [9.17, 15) is 4.79 Å². The normalized spacial score (nSPS) is 21.3. The van der Waals surface area contributed by atoms with Crippen LogP contribution in [-0.2, 0) is 4.79 Å². The molecular formula is C15H21N5O. The van der Waals surface area contributed by atoms with Crippen molar-refractivity contribution < 1.29 is 4.79 Å². The molecule has 0 saturated heterocycles. The Labute approximate surface area is 123 Å². The molecule has 2 aromatic heterocycles. The molecule has 0 aliphatic heterocycles. The van der Waals surface area contributed by atoms with Gasteiger partial charge in [0.15, 0.2) is 5.65 Å². The summed E-state index contributed by atoms with van der Waals surface area (Å²) in [4.78, 5) is 15.6. The molecule has 0 spiro atoms. The molecule has 2 aromatic rings. The highest BCUT2D eigenvalue weighted by molar-refractivity contribution is 5.73. The molecule has 0 radical (unpaired) electrons. The van der Waals surface area contributed by atoms with Crippen LogP contribution in [0, 0.1) is 0 Å². The highest BCUT2D eigenvalue weighted by Gasteiger charge is 2.30. The summed E-state index contributed by atoms with van der Waals surface area (Å²) in [6.07, 6.45) is 3.65. The van der Waals surface area contributed by atoms with Crippen LogP contribution in [0.15, 0.2) is 18.3 Å². The molecule has 3 rings (SSSR count). The number of rotatable bonds is 4. The van der Waals surface area contributed by atoms with Crippen LogP contribution in [-0.4, -0.2) is 32.6 Å². The molecule has 112 valence electrons. The molecule has 0 aromatic carbocycles. The fourth-order valence-electron chi connectivity index (χ4n) is 2.68. The Morgan fingerprint density at radius 1 is 1.38 bits per heavy atom. The zero-order valence-electron chi connectivity index (χ0n) is 12.6. The standard InChI is InChI=1S/C15H21N5O/c1-9(2)13-8-15(20-14(19-13)4-5-16-20)18-12-6-11(7-12)17-10(3)21/h4-5,8-9,11-12,18H,6-7H2,1-3H3,(H,17,21). The van der Waals surface area contributed by atoms with Crippen LogP contribution in [0.25, 0.3) is 5.65 Å². The van der Waals surface area contributed by atoms with Gasteiger partial charge in [-0.2, -0.15) is 9.61 Å². The summed E-state index contributed by atoms with van der Waals surface area (Å²) in [5.41, 5.74) is 1.92. The molecule has 0 bridgehead atoms. The number of fused-ring (bicyclic) bond motifs is 1. The van der Waals surface area contributed by atoms with E-state index in [1.54, 1.807) is 13.1 Å². The maximum Gasteiger partial charge on any atom is 0.217 e. The third-order valence-corrected chi connectivity index (χ3v) is 3.87. The smallest absolute Gasteiger partial charge is 0.217 e. The molecule has 1 fully saturated rings. The van der Waals surface area contributed by atoms with Crippen molar-refractivity contribution in [1.82, 2.24) is 19.9 Å². The van der Waals surface area contributed by atoms with E-state index >= 15 is 0 Å². The Morgan fingerprint density at radius 2 is 2.14 bits per heavy atom. The van der Waals surface area contributed by atoms with Gasteiger partial charge in [-0.15, -0.1) is 0 Å². The lowest BCUT2D eigenvalue weighted by atomic mass is 9.86. The number of nitrogens with zero attached hydrogens (tertiary/aromatic N) is 3. The van der Waals surface area contributed by atoms with Crippen molar-refractivity contribution in [2.75, 3.05) is 5.32 Å². The number of carbonyl (C=O) groups is 1. The lowest BCUT2D eigenvalue weighted by Crippen LogP contribution is -2.49. The number of hydrogen-bond donors (Lipinski definition) is 2. The first-order valence-corrected chi connectivity index (χ1v) is 7.41. The number of aromatic nitrogens is 3. The van der Waals surface area contributed by atoms with E-state index in [-0.39, 0.29) is 5.91 Å². The fraction of sp³-hybridized carbons (Fsp3) is 0.533. The summed E-state index contributed by atoms with van der Waals surface area (Å²) < 4.78 is 1.83. The molecule has 1 amide bonds. The Balaban J connectivity index is 1.75. The van der Waals surface area contributed by atoms with E-state index in [4.69, 9.17) is 0 Å². The van der Waals surface area contributed by atoms with Crippen LogP contribution < -0.4 is 10.6 Å². The average molecular weight is 287 g/mol. The third-order valence-electron chi connectivity index (χ3n) is 3.87. The second kappa shape index (κ2) is 5.35. The quantitative estimate of drug-likeness (QED) is 0.901. The second-order valence-corrected chi connectivity index (χ2v) is 6.03. The maximum absolute atomic E-state index is 11.0. The summed E-state index contributed by atoms with van der Waals surface area (Å²) in [6.45, 7) is 5.83. The summed E-state index contributed by atoms with van der Waals surface area (Å²) in [7, 11) is 0. The second-order valence-electron chi connectivity index (χ2n) is 6.03. The van der Waals surface area contributed by atoms with Gasteiger partial charge in [0.25, 0.3) is 0 Å². The summed E-state index contributed by atoms with van der Waals surface area (Å²) in [5, 5.41) is 10.8. The van der Waals surface area contributed by atoms with Crippen molar-refractivity contribution in [2.24, 2.45) is 0 Å². The molecule has 6 heteroatoms. The summed E-state index contributed by atoms with van der Waals surface area (Å²) >= 11 is 0. The van der Waals surface area contributed by atoms with Crippen molar-refractivity contribution in [3.8, 4) is 0 Å². The molecule has 1 aliphatic carbocycles. The van der Waals surface area contributed by atoms with Gasteiger partial charge in [0.05, 0.1) is 6.20 Å². The Morgan fingerprint density at radius 3 is 2.81 bits per heavy atom. The number of anilines is 1. The van der Waals surface area contributed by atoms with E-state index in [2.05, 4.69) is 40.6 Å². The van der Waals surface area contributed by atoms with Gasteiger partial charge in [-0.25, -0.2) is 4.98 Å². The van der Waals surface area contributed by atoms with Crippen LogP contribution in [0.3, 0.4) is 0 Å². The zero-order chi connectivity index (χ0) is 15.0. The van der Waals surface area contributed by atoms with E-state index < -0.39 is 0 Å². The lowest BCUT2D eigenvalue weighted by molar-refractivity contribution is -0.120. The van der Waals surface area contributed by atoms with Crippen LogP contribution in [0.2, 0.25) is 0 Å². The predicted molar refractivity (Wildman–Crippen MR) is 81.3 cm³/mol. The van der Waals surface area contributed by atoms with Gasteiger partial charge in [-0.05, 0) is 18.8 Å². The van der Waals surface area contributed by atoms with Gasteiger partial charge >= 0.3 is 0 Å². The SMILES string of the molecule is CC(=O)NC1CC(Nc2cc(C(C)C)nc3ccnn23)C1. The minimum atomic E-state index is 0.0407. The topological polar surface area (TPSA) is 71.3 Å². The van der Waals surface area contributed by atoms with Gasteiger partial charge in [0, 0.05) is 36.8 Å². The first-order chi connectivity index (χ1) is 10.0. The molecule has 6 nitrogen and oxygen atoms in total. The highest BCUT2D eigenvalue weighted by atomic mass is 16.1. The predicted octanol–water partition coefficient (Wildman–Crippen LogP) is 1.93. The first kappa shape index (κ1) is 13.9. The number of carbonyl (C=O) groups excluding carboxylic acids is 1. The minimum absolute atomic E-state index is 0.0407. The lowest BCUT2D eigenvalue weighted by Gasteiger charge is -2.36. The molecule has 2 N–H and O–H groups in total. The minimum Gasteiger partial charge on any atom is -0.367 e. The molecule has 0 atom stereocenters. The van der Waals surface area contributed by atoms with Gasteiger partial charge in [0.1, 0.15) is 5.82 Å². The maximum atomic E-state index is 11.0. The number of hydrogen-bond acceptors (Lipinski definition) is 4. The monoisotopic (exact) mass is 287 g/mol. The van der Waals surface area contributed by atoms with E-state index in [1.807, 2.05) is 10.6 Å². The van der Waals surface area contributed by atoms with Gasteiger partial charge in [-0.3, -0.25) is 4.79 Å². The Kier molecular flexibility index (Phi) is 3.53. The van der Waals surface area contributed by atoms with Gasteiger partial charge < -0.3 is 10.6 Å². The molecule has 0 unspecified atom stereocenters. The van der Waals surface area contributed by atoms with Crippen molar-refractivity contribution in [3.05, 3.63) is 24.0 Å². The number of amides is 1. The molecule has 1 saturated carbocycles.